The topological polar surface area (TPSA) is 0 Å². The highest BCUT2D eigenvalue weighted by Crippen LogP contribution is 2.23. The summed E-state index contributed by atoms with van der Waals surface area (Å²) in [7, 11) is 0. The van der Waals surface area contributed by atoms with Gasteiger partial charge >= 0.3 is 6.18 Å². The van der Waals surface area contributed by atoms with E-state index in [4.69, 9.17) is 6.58 Å². The Kier molecular flexibility index (Phi) is 11.3. The highest BCUT2D eigenvalue weighted by Gasteiger charge is 2.25. The number of allylic oxidation sites excluding steroid dienone is 1. The summed E-state index contributed by atoms with van der Waals surface area (Å²) in [5, 5.41) is 0. The van der Waals surface area contributed by atoms with Crippen molar-refractivity contribution in [3.63, 3.8) is 0 Å². The molecule has 1 radical (unpaired) electrons. The van der Waals surface area contributed by atoms with Gasteiger partial charge in [-0.1, -0.05) is 64.0 Å². The lowest BCUT2D eigenvalue weighted by molar-refractivity contribution is -0.135. The van der Waals surface area contributed by atoms with E-state index in [1.807, 2.05) is 0 Å². The minimum Gasteiger partial charge on any atom is -0.171 e. The van der Waals surface area contributed by atoms with Crippen LogP contribution in [0.5, 0.6) is 0 Å². The monoisotopic (exact) mass is 263 g/mol. The minimum atomic E-state index is -3.97. The van der Waals surface area contributed by atoms with E-state index in [0.717, 1.165) is 25.7 Å². The number of unbranched alkanes of at least 4 members (excludes halogenated alkanes) is 10. The Labute approximate surface area is 110 Å². The van der Waals surface area contributed by atoms with Crippen molar-refractivity contribution in [3.05, 3.63) is 12.7 Å². The van der Waals surface area contributed by atoms with E-state index in [1.54, 1.807) is 6.08 Å². The molecule has 0 bridgehead atoms. The molecule has 0 fully saturated rings. The second kappa shape index (κ2) is 11.6. The van der Waals surface area contributed by atoms with Crippen molar-refractivity contribution in [2.24, 2.45) is 0 Å². The molecule has 0 saturated heterocycles. The number of alkyl halides is 3. The number of hydrogen-bond donors (Lipinski definition) is 0. The fourth-order valence-electron chi connectivity index (χ4n) is 2.00. The number of hydrogen-bond acceptors (Lipinski definition) is 0. The maximum atomic E-state index is 11.8. The third-order valence-electron chi connectivity index (χ3n) is 3.08. The molecule has 0 aromatic rings. The predicted molar refractivity (Wildman–Crippen MR) is 70.3 cm³/mol. The quantitative estimate of drug-likeness (QED) is 0.367. The lowest BCUT2D eigenvalue weighted by Crippen LogP contribution is -2.06. The van der Waals surface area contributed by atoms with Crippen molar-refractivity contribution in [1.29, 1.82) is 0 Å². The molecule has 0 aromatic carbocycles. The zero-order valence-corrected chi connectivity index (χ0v) is 11.3. The van der Waals surface area contributed by atoms with E-state index < -0.39 is 12.6 Å². The van der Waals surface area contributed by atoms with Gasteiger partial charge < -0.3 is 0 Å². The molecule has 0 spiro atoms. The Morgan fingerprint density at radius 2 is 1.06 bits per heavy atom. The van der Waals surface area contributed by atoms with Crippen LogP contribution in [0.3, 0.4) is 0 Å². The fraction of sp³-hybridized carbons (Fsp3) is 0.867. The largest absolute Gasteiger partial charge is 0.389 e. The van der Waals surface area contributed by atoms with Crippen LogP contribution in [0.4, 0.5) is 13.2 Å². The average molecular weight is 263 g/mol. The highest BCUT2D eigenvalue weighted by molar-refractivity contribution is 4.61. The predicted octanol–water partition coefficient (Wildman–Crippen LogP) is 6.22. The van der Waals surface area contributed by atoms with Gasteiger partial charge in [-0.05, 0) is 19.3 Å². The van der Waals surface area contributed by atoms with Crippen molar-refractivity contribution < 1.29 is 13.2 Å². The molecule has 0 aliphatic heterocycles. The summed E-state index contributed by atoms with van der Waals surface area (Å²) < 4.78 is 35.5. The van der Waals surface area contributed by atoms with E-state index >= 15 is 0 Å². The Hall–Kier alpha value is -0.470. The van der Waals surface area contributed by atoms with Gasteiger partial charge in [0.15, 0.2) is 0 Å². The van der Waals surface area contributed by atoms with Gasteiger partial charge in [0.2, 0.25) is 0 Å². The van der Waals surface area contributed by atoms with Crippen molar-refractivity contribution in [3.8, 4) is 0 Å². The molecule has 0 nitrogen and oxygen atoms in total. The van der Waals surface area contributed by atoms with Gasteiger partial charge in [0.25, 0.3) is 0 Å². The summed E-state index contributed by atoms with van der Waals surface area (Å²) in [5.41, 5.74) is 0. The van der Waals surface area contributed by atoms with Crippen molar-refractivity contribution >= 4 is 0 Å². The van der Waals surface area contributed by atoms with Gasteiger partial charge in [0, 0.05) is 6.42 Å². The summed E-state index contributed by atoms with van der Waals surface area (Å²) in [6, 6.07) is 0. The van der Waals surface area contributed by atoms with Crippen LogP contribution in [0, 0.1) is 6.58 Å². The number of rotatable bonds is 12. The molecule has 18 heavy (non-hydrogen) atoms. The zero-order chi connectivity index (χ0) is 13.7. The normalized spacial score (nSPS) is 11.7. The van der Waals surface area contributed by atoms with Gasteiger partial charge in [-0.2, -0.15) is 13.2 Å². The summed E-state index contributed by atoms with van der Waals surface area (Å²) in [4.78, 5) is 0. The average Bonchev–Trinajstić information content (AvgIpc) is 2.29. The third-order valence-corrected chi connectivity index (χ3v) is 3.08. The van der Waals surface area contributed by atoms with E-state index in [0.29, 0.717) is 12.8 Å². The van der Waals surface area contributed by atoms with Crippen molar-refractivity contribution in [2.45, 2.75) is 83.2 Å². The second-order valence-corrected chi connectivity index (χ2v) is 4.93. The van der Waals surface area contributed by atoms with Gasteiger partial charge in [-0.25, -0.2) is 0 Å². The molecule has 107 valence electrons. The molecule has 0 heterocycles. The van der Waals surface area contributed by atoms with Crippen molar-refractivity contribution in [2.75, 3.05) is 0 Å². The van der Waals surface area contributed by atoms with Crippen LogP contribution in [0.2, 0.25) is 0 Å². The summed E-state index contributed by atoms with van der Waals surface area (Å²) in [6.45, 7) is 5.28. The van der Waals surface area contributed by atoms with Crippen molar-refractivity contribution in [1.82, 2.24) is 0 Å². The SMILES string of the molecule is [CH]=CCCCCCCCCCCCCC(F)(F)F. The first-order valence-corrected chi connectivity index (χ1v) is 7.16. The first-order chi connectivity index (χ1) is 8.56. The molecule has 0 aliphatic carbocycles. The van der Waals surface area contributed by atoms with Crippen LogP contribution < -0.4 is 0 Å². The van der Waals surface area contributed by atoms with Crippen LogP contribution in [0.1, 0.15) is 77.0 Å². The molecule has 0 unspecified atom stereocenters. The lowest BCUT2D eigenvalue weighted by Gasteiger charge is -2.05. The summed E-state index contributed by atoms with van der Waals surface area (Å²) in [6.07, 6.45) is 8.42. The van der Waals surface area contributed by atoms with Gasteiger partial charge in [-0.15, -0.1) is 0 Å². The molecule has 3 heteroatoms. The van der Waals surface area contributed by atoms with Crippen LogP contribution in [-0.4, -0.2) is 6.18 Å². The Balaban J connectivity index is 3.01. The van der Waals surface area contributed by atoms with Gasteiger partial charge in [0.05, 0.1) is 0 Å². The van der Waals surface area contributed by atoms with E-state index in [1.165, 1.54) is 32.1 Å². The summed E-state index contributed by atoms with van der Waals surface area (Å²) >= 11 is 0. The minimum absolute atomic E-state index is 0.291. The fourth-order valence-corrected chi connectivity index (χ4v) is 2.00. The lowest BCUT2D eigenvalue weighted by atomic mass is 10.1. The number of halogens is 3. The maximum Gasteiger partial charge on any atom is 0.389 e. The van der Waals surface area contributed by atoms with E-state index in [-0.39, 0.29) is 0 Å². The first kappa shape index (κ1) is 17.5. The van der Waals surface area contributed by atoms with E-state index in [9.17, 15) is 13.2 Å². The van der Waals surface area contributed by atoms with Crippen LogP contribution in [-0.2, 0) is 0 Å². The Morgan fingerprint density at radius 1 is 0.667 bits per heavy atom. The maximum absolute atomic E-state index is 11.8. The molecule has 0 aromatic heterocycles. The Morgan fingerprint density at radius 3 is 1.44 bits per heavy atom. The van der Waals surface area contributed by atoms with Crippen LogP contribution in [0.25, 0.3) is 0 Å². The van der Waals surface area contributed by atoms with Gasteiger partial charge in [0.1, 0.15) is 0 Å². The highest BCUT2D eigenvalue weighted by atomic mass is 19.4. The molecule has 0 saturated carbocycles. The first-order valence-electron chi connectivity index (χ1n) is 7.16. The molecule has 0 amide bonds. The van der Waals surface area contributed by atoms with Gasteiger partial charge in [-0.3, -0.25) is 0 Å². The molecule has 0 atom stereocenters. The Bertz CT molecular complexity index is 185. The molecular formula is C15H26F3. The zero-order valence-electron chi connectivity index (χ0n) is 11.3. The van der Waals surface area contributed by atoms with E-state index in [2.05, 4.69) is 0 Å². The van der Waals surface area contributed by atoms with Crippen LogP contribution in [0.15, 0.2) is 6.08 Å². The third kappa shape index (κ3) is 15.5. The molecule has 0 rings (SSSR count). The molecular weight excluding hydrogens is 237 g/mol. The molecule has 0 N–H and O–H groups in total. The summed E-state index contributed by atoms with van der Waals surface area (Å²) in [5.74, 6) is 0. The smallest absolute Gasteiger partial charge is 0.171 e. The van der Waals surface area contributed by atoms with Crippen LogP contribution >= 0.6 is 0 Å². The molecule has 0 aliphatic rings. The second-order valence-electron chi connectivity index (χ2n) is 4.93. The standard InChI is InChI=1S/C15H26F3/c1-2-3-4-5-6-7-8-9-10-11-12-13-14-15(16,17)18/h1-2H,3-14H2.